The van der Waals surface area contributed by atoms with E-state index in [1.165, 1.54) is 21.3 Å². The van der Waals surface area contributed by atoms with Crippen molar-refractivity contribution in [3.8, 4) is 17.2 Å². The van der Waals surface area contributed by atoms with E-state index < -0.39 is 23.8 Å². The standard InChI is InChI=1S/C22H26N2O7/c1-28-18-10-9-15(11-19(18)29-2)17(12-22(27)30-3)24-20(25)13-23-21(26)14-31-16-7-5-4-6-8-16/h4-11,17H,12-14H2,1-3H3,(H,23,26)(H,24,25). The lowest BCUT2D eigenvalue weighted by molar-refractivity contribution is -0.141. The number of hydrogen-bond acceptors (Lipinski definition) is 7. The average molecular weight is 430 g/mol. The van der Waals surface area contributed by atoms with Gasteiger partial charge in [0.15, 0.2) is 18.1 Å². The molecule has 0 fully saturated rings. The Morgan fingerprint density at radius 2 is 1.61 bits per heavy atom. The van der Waals surface area contributed by atoms with Crippen molar-refractivity contribution in [2.45, 2.75) is 12.5 Å². The van der Waals surface area contributed by atoms with E-state index in [1.807, 2.05) is 6.07 Å². The minimum absolute atomic E-state index is 0.0945. The van der Waals surface area contributed by atoms with E-state index >= 15 is 0 Å². The molecule has 0 saturated carbocycles. The minimum atomic E-state index is -0.683. The summed E-state index contributed by atoms with van der Waals surface area (Å²) in [6.45, 7) is -0.499. The second kappa shape index (κ2) is 12.1. The average Bonchev–Trinajstić information content (AvgIpc) is 2.80. The number of nitrogens with one attached hydrogen (secondary N) is 2. The quantitative estimate of drug-likeness (QED) is 0.521. The van der Waals surface area contributed by atoms with Gasteiger partial charge in [-0.1, -0.05) is 24.3 Å². The molecule has 2 N–H and O–H groups in total. The molecule has 31 heavy (non-hydrogen) atoms. The maximum absolute atomic E-state index is 12.4. The molecule has 9 nitrogen and oxygen atoms in total. The molecule has 0 heterocycles. The number of esters is 1. The number of carbonyl (C=O) groups excluding carboxylic acids is 3. The summed E-state index contributed by atoms with van der Waals surface area (Å²) in [4.78, 5) is 36.1. The molecule has 2 aromatic carbocycles. The Morgan fingerprint density at radius 1 is 0.903 bits per heavy atom. The van der Waals surface area contributed by atoms with Crippen LogP contribution in [0.5, 0.6) is 17.2 Å². The van der Waals surface area contributed by atoms with Gasteiger partial charge in [-0.15, -0.1) is 0 Å². The Kier molecular flexibility index (Phi) is 9.15. The first-order valence-corrected chi connectivity index (χ1v) is 9.49. The van der Waals surface area contributed by atoms with Crippen LogP contribution in [0.25, 0.3) is 0 Å². The Labute approximate surface area is 180 Å². The topological polar surface area (TPSA) is 112 Å². The van der Waals surface area contributed by atoms with Crippen LogP contribution in [0, 0.1) is 0 Å². The van der Waals surface area contributed by atoms with E-state index in [-0.39, 0.29) is 19.6 Å². The second-order valence-corrected chi connectivity index (χ2v) is 6.39. The molecule has 0 bridgehead atoms. The summed E-state index contributed by atoms with van der Waals surface area (Å²) in [6, 6.07) is 13.2. The molecular weight excluding hydrogens is 404 g/mol. The van der Waals surface area contributed by atoms with Gasteiger partial charge in [0.25, 0.3) is 5.91 Å². The lowest BCUT2D eigenvalue weighted by Crippen LogP contribution is -2.40. The summed E-state index contributed by atoms with van der Waals surface area (Å²) in [5, 5.41) is 5.21. The molecule has 0 aliphatic heterocycles. The number of ether oxygens (including phenoxy) is 4. The van der Waals surface area contributed by atoms with Gasteiger partial charge in [0.05, 0.1) is 40.3 Å². The van der Waals surface area contributed by atoms with Gasteiger partial charge in [-0.2, -0.15) is 0 Å². The van der Waals surface area contributed by atoms with Crippen molar-refractivity contribution in [3.63, 3.8) is 0 Å². The van der Waals surface area contributed by atoms with E-state index in [0.717, 1.165) is 0 Å². The maximum Gasteiger partial charge on any atom is 0.307 e. The van der Waals surface area contributed by atoms with Crippen LogP contribution in [-0.2, 0) is 19.1 Å². The maximum atomic E-state index is 12.4. The summed E-state index contributed by atoms with van der Waals surface area (Å²) >= 11 is 0. The smallest absolute Gasteiger partial charge is 0.307 e. The van der Waals surface area contributed by atoms with Gasteiger partial charge >= 0.3 is 5.97 Å². The molecule has 0 aliphatic rings. The zero-order chi connectivity index (χ0) is 22.6. The highest BCUT2D eigenvalue weighted by atomic mass is 16.5. The number of carbonyl (C=O) groups is 3. The van der Waals surface area contributed by atoms with Crippen molar-refractivity contribution in [1.82, 2.24) is 10.6 Å². The molecule has 0 aliphatic carbocycles. The summed E-state index contributed by atoms with van der Waals surface area (Å²) in [6.07, 6.45) is -0.0945. The predicted molar refractivity (Wildman–Crippen MR) is 112 cm³/mol. The van der Waals surface area contributed by atoms with Gasteiger partial charge in [-0.3, -0.25) is 14.4 Å². The molecule has 9 heteroatoms. The molecule has 2 rings (SSSR count). The first-order valence-electron chi connectivity index (χ1n) is 9.49. The third-order valence-electron chi connectivity index (χ3n) is 4.30. The van der Waals surface area contributed by atoms with Gasteiger partial charge in [0, 0.05) is 0 Å². The van der Waals surface area contributed by atoms with E-state index in [1.54, 1.807) is 42.5 Å². The normalized spacial score (nSPS) is 11.1. The summed E-state index contributed by atoms with van der Waals surface area (Å²) in [5.74, 6) is 0.0935. The Hall–Kier alpha value is -3.75. The van der Waals surface area contributed by atoms with Crippen LogP contribution in [-0.4, -0.2) is 52.3 Å². The number of methoxy groups -OCH3 is 3. The molecule has 0 radical (unpaired) electrons. The minimum Gasteiger partial charge on any atom is -0.493 e. The first kappa shape index (κ1) is 23.5. The SMILES string of the molecule is COC(=O)CC(NC(=O)CNC(=O)COc1ccccc1)c1ccc(OC)c(OC)c1. The van der Waals surface area contributed by atoms with E-state index in [0.29, 0.717) is 22.8 Å². The molecule has 0 spiro atoms. The van der Waals surface area contributed by atoms with Crippen LogP contribution in [0.1, 0.15) is 18.0 Å². The Bertz CT molecular complexity index is 887. The van der Waals surface area contributed by atoms with Crippen molar-refractivity contribution in [2.24, 2.45) is 0 Å². The Balaban J connectivity index is 1.96. The molecule has 1 unspecified atom stereocenters. The zero-order valence-corrected chi connectivity index (χ0v) is 17.7. The van der Waals surface area contributed by atoms with Gasteiger partial charge in [-0.05, 0) is 29.8 Å². The van der Waals surface area contributed by atoms with Crippen LogP contribution in [0.3, 0.4) is 0 Å². The molecular formula is C22H26N2O7. The molecule has 166 valence electrons. The molecule has 2 amide bonds. The highest BCUT2D eigenvalue weighted by Gasteiger charge is 2.21. The zero-order valence-electron chi connectivity index (χ0n) is 17.7. The Morgan fingerprint density at radius 3 is 2.26 bits per heavy atom. The second-order valence-electron chi connectivity index (χ2n) is 6.39. The van der Waals surface area contributed by atoms with Crippen molar-refractivity contribution >= 4 is 17.8 Å². The van der Waals surface area contributed by atoms with Crippen LogP contribution in [0.15, 0.2) is 48.5 Å². The summed E-state index contributed by atoms with van der Waals surface area (Å²) in [7, 11) is 4.26. The fourth-order valence-electron chi connectivity index (χ4n) is 2.71. The molecule has 0 aromatic heterocycles. The van der Waals surface area contributed by atoms with Crippen molar-refractivity contribution in [3.05, 3.63) is 54.1 Å². The molecule has 2 aromatic rings. The summed E-state index contributed by atoms with van der Waals surface area (Å²) < 4.78 is 20.6. The van der Waals surface area contributed by atoms with Gasteiger partial charge in [0.1, 0.15) is 5.75 Å². The van der Waals surface area contributed by atoms with Gasteiger partial charge in [0.2, 0.25) is 5.91 Å². The van der Waals surface area contributed by atoms with Gasteiger partial charge < -0.3 is 29.6 Å². The van der Waals surface area contributed by atoms with E-state index in [9.17, 15) is 14.4 Å². The fourth-order valence-corrected chi connectivity index (χ4v) is 2.71. The van der Waals surface area contributed by atoms with Crippen LogP contribution < -0.4 is 24.8 Å². The van der Waals surface area contributed by atoms with Crippen LogP contribution >= 0.6 is 0 Å². The van der Waals surface area contributed by atoms with Crippen molar-refractivity contribution in [2.75, 3.05) is 34.5 Å². The highest BCUT2D eigenvalue weighted by molar-refractivity contribution is 5.86. The number of rotatable bonds is 11. The van der Waals surface area contributed by atoms with Crippen LogP contribution in [0.4, 0.5) is 0 Å². The number of hydrogen-bond donors (Lipinski definition) is 2. The first-order chi connectivity index (χ1) is 15.0. The predicted octanol–water partition coefficient (Wildman–Crippen LogP) is 1.62. The van der Waals surface area contributed by atoms with E-state index in [2.05, 4.69) is 10.6 Å². The van der Waals surface area contributed by atoms with Crippen LogP contribution in [0.2, 0.25) is 0 Å². The third kappa shape index (κ3) is 7.54. The number of benzene rings is 2. The van der Waals surface area contributed by atoms with E-state index in [4.69, 9.17) is 18.9 Å². The van der Waals surface area contributed by atoms with Crippen molar-refractivity contribution in [1.29, 1.82) is 0 Å². The monoisotopic (exact) mass is 430 g/mol. The largest absolute Gasteiger partial charge is 0.493 e. The number of para-hydroxylation sites is 1. The number of amides is 2. The lowest BCUT2D eigenvalue weighted by atomic mass is 10.0. The fraction of sp³-hybridized carbons (Fsp3) is 0.318. The summed E-state index contributed by atoms with van der Waals surface area (Å²) in [5.41, 5.74) is 0.620. The highest BCUT2D eigenvalue weighted by Crippen LogP contribution is 2.31. The molecule has 1 atom stereocenters. The molecule has 0 saturated heterocycles. The lowest BCUT2D eigenvalue weighted by Gasteiger charge is -2.20. The van der Waals surface area contributed by atoms with Gasteiger partial charge in [-0.25, -0.2) is 0 Å². The van der Waals surface area contributed by atoms with Crippen molar-refractivity contribution < 1.29 is 33.3 Å². The third-order valence-corrected chi connectivity index (χ3v) is 4.30.